The van der Waals surface area contributed by atoms with Crippen LogP contribution in [-0.4, -0.2) is 15.9 Å². The van der Waals surface area contributed by atoms with Gasteiger partial charge in [0.1, 0.15) is 11.0 Å². The van der Waals surface area contributed by atoms with Crippen molar-refractivity contribution in [3.8, 4) is 0 Å². The molecule has 1 heterocycles. The molecule has 5 heteroatoms. The fraction of sp³-hybridized carbons (Fsp3) is 0.133. The molecule has 0 fully saturated rings. The quantitative estimate of drug-likeness (QED) is 0.845. The van der Waals surface area contributed by atoms with Crippen molar-refractivity contribution >= 4 is 23.1 Å². The van der Waals surface area contributed by atoms with Crippen LogP contribution in [0.5, 0.6) is 0 Å². The number of carbonyl (C=O) groups is 1. The molecule has 2 aromatic rings. The lowest BCUT2D eigenvalue weighted by Crippen LogP contribution is -2.36. The number of nitrogens with one attached hydrogen (secondary N) is 1. The molecule has 1 aromatic carbocycles. The number of hydrogen-bond acceptors (Lipinski definition) is 3. The Labute approximate surface area is 123 Å². The number of benzene rings is 1. The van der Waals surface area contributed by atoms with Crippen LogP contribution in [-0.2, 0) is 0 Å². The second-order valence-electron chi connectivity index (χ2n) is 4.47. The van der Waals surface area contributed by atoms with Gasteiger partial charge in [-0.2, -0.15) is 0 Å². The van der Waals surface area contributed by atoms with Crippen molar-refractivity contribution in [2.24, 2.45) is 5.73 Å². The Morgan fingerprint density at radius 1 is 1.30 bits per heavy atom. The molecule has 0 bridgehead atoms. The topological polar surface area (TPSA) is 68.0 Å². The number of amides is 1. The van der Waals surface area contributed by atoms with E-state index < -0.39 is 6.04 Å². The minimum atomic E-state index is -0.487. The van der Waals surface area contributed by atoms with Crippen LogP contribution in [0, 0.1) is 6.92 Å². The Balaban J connectivity index is 2.21. The average Bonchev–Trinajstić information content (AvgIpc) is 2.45. The molecule has 0 radical (unpaired) electrons. The minimum Gasteiger partial charge on any atom is -0.391 e. The molecule has 1 aromatic heterocycles. The monoisotopic (exact) mass is 285 g/mol. The Bertz CT molecular complexity index is 628. The lowest BCUT2D eigenvalue weighted by molar-refractivity contribution is 0.0946. The largest absolute Gasteiger partial charge is 0.391 e. The number of thiocarbonyl (C=S) groups is 1. The number of pyridine rings is 1. The maximum absolute atomic E-state index is 12.2. The molecule has 4 nitrogen and oxygen atoms in total. The van der Waals surface area contributed by atoms with Gasteiger partial charge in [0.2, 0.25) is 0 Å². The number of hydrogen-bond donors (Lipinski definition) is 2. The van der Waals surface area contributed by atoms with Gasteiger partial charge in [-0.3, -0.25) is 9.78 Å². The lowest BCUT2D eigenvalue weighted by Gasteiger charge is -2.17. The summed E-state index contributed by atoms with van der Waals surface area (Å²) in [4.78, 5) is 16.5. The van der Waals surface area contributed by atoms with Crippen LogP contribution >= 0.6 is 12.2 Å². The molecule has 0 spiro atoms. The zero-order valence-corrected chi connectivity index (χ0v) is 11.9. The lowest BCUT2D eigenvalue weighted by atomic mass is 10.1. The van der Waals surface area contributed by atoms with Gasteiger partial charge in [0.25, 0.3) is 5.91 Å². The summed E-state index contributed by atoms with van der Waals surface area (Å²) < 4.78 is 0. The standard InChI is InChI=1S/C15H15N3OS/c1-10-7-12(9-17-8-10)15(19)18-13(14(16)20)11-5-3-2-4-6-11/h2-9,13H,1H3,(H2,16,20)(H,18,19). The Morgan fingerprint density at radius 3 is 2.60 bits per heavy atom. The smallest absolute Gasteiger partial charge is 0.253 e. The average molecular weight is 285 g/mol. The van der Waals surface area contributed by atoms with Gasteiger partial charge in [-0.1, -0.05) is 42.5 Å². The zero-order valence-electron chi connectivity index (χ0n) is 11.0. The fourth-order valence-electron chi connectivity index (χ4n) is 1.86. The highest BCUT2D eigenvalue weighted by atomic mass is 32.1. The summed E-state index contributed by atoms with van der Waals surface area (Å²) in [5, 5.41) is 2.83. The van der Waals surface area contributed by atoms with E-state index in [1.165, 1.54) is 6.20 Å². The summed E-state index contributed by atoms with van der Waals surface area (Å²) in [7, 11) is 0. The summed E-state index contributed by atoms with van der Waals surface area (Å²) in [5.41, 5.74) is 7.99. The number of nitrogens with two attached hydrogens (primary N) is 1. The van der Waals surface area contributed by atoms with Crippen LogP contribution in [0.2, 0.25) is 0 Å². The molecular weight excluding hydrogens is 270 g/mol. The number of carbonyl (C=O) groups excluding carboxylic acids is 1. The van der Waals surface area contributed by atoms with Gasteiger partial charge in [0, 0.05) is 12.4 Å². The third-order valence-corrected chi connectivity index (χ3v) is 3.07. The summed E-state index contributed by atoms with van der Waals surface area (Å²) in [6.07, 6.45) is 3.21. The van der Waals surface area contributed by atoms with Gasteiger partial charge in [-0.25, -0.2) is 0 Å². The molecule has 3 N–H and O–H groups in total. The molecule has 1 amide bonds. The van der Waals surface area contributed by atoms with Crippen LogP contribution in [0.3, 0.4) is 0 Å². The maximum atomic E-state index is 12.2. The first kappa shape index (κ1) is 14.1. The molecule has 2 rings (SSSR count). The molecule has 0 aliphatic carbocycles. The Hall–Kier alpha value is -2.27. The summed E-state index contributed by atoms with van der Waals surface area (Å²) in [5.74, 6) is -0.247. The normalized spacial score (nSPS) is 11.7. The molecule has 1 unspecified atom stereocenters. The highest BCUT2D eigenvalue weighted by molar-refractivity contribution is 7.80. The van der Waals surface area contributed by atoms with E-state index in [0.29, 0.717) is 5.56 Å². The predicted octanol–water partition coefficient (Wildman–Crippen LogP) is 2.15. The van der Waals surface area contributed by atoms with Crippen LogP contribution in [0.15, 0.2) is 48.8 Å². The third kappa shape index (κ3) is 3.39. The minimum absolute atomic E-state index is 0.227. The first-order valence-electron chi connectivity index (χ1n) is 6.14. The third-order valence-electron chi connectivity index (χ3n) is 2.83. The molecule has 0 aliphatic heterocycles. The summed E-state index contributed by atoms with van der Waals surface area (Å²) in [6.45, 7) is 1.88. The van der Waals surface area contributed by atoms with E-state index in [2.05, 4.69) is 10.3 Å². The van der Waals surface area contributed by atoms with Crippen molar-refractivity contribution in [2.45, 2.75) is 13.0 Å². The highest BCUT2D eigenvalue weighted by Crippen LogP contribution is 2.14. The fourth-order valence-corrected chi connectivity index (χ4v) is 2.05. The summed E-state index contributed by atoms with van der Waals surface area (Å²) in [6, 6.07) is 10.7. The molecule has 0 saturated carbocycles. The van der Waals surface area contributed by atoms with E-state index in [4.69, 9.17) is 18.0 Å². The van der Waals surface area contributed by atoms with Gasteiger partial charge in [0.05, 0.1) is 5.56 Å². The van der Waals surface area contributed by atoms with E-state index in [9.17, 15) is 4.79 Å². The van der Waals surface area contributed by atoms with Gasteiger partial charge < -0.3 is 11.1 Å². The number of nitrogens with zero attached hydrogens (tertiary/aromatic N) is 1. The van der Waals surface area contributed by atoms with Crippen LogP contribution in [0.25, 0.3) is 0 Å². The molecule has 0 saturated heterocycles. The first-order chi connectivity index (χ1) is 9.58. The molecule has 20 heavy (non-hydrogen) atoms. The Kier molecular flexibility index (Phi) is 4.42. The van der Waals surface area contributed by atoms with Gasteiger partial charge >= 0.3 is 0 Å². The van der Waals surface area contributed by atoms with Crippen molar-refractivity contribution in [1.82, 2.24) is 10.3 Å². The molecular formula is C15H15N3OS. The van der Waals surface area contributed by atoms with Crippen molar-refractivity contribution < 1.29 is 4.79 Å². The predicted molar refractivity (Wildman–Crippen MR) is 82.4 cm³/mol. The molecule has 102 valence electrons. The van der Waals surface area contributed by atoms with Crippen molar-refractivity contribution in [3.63, 3.8) is 0 Å². The van der Waals surface area contributed by atoms with Crippen LogP contribution in [0.1, 0.15) is 27.5 Å². The maximum Gasteiger partial charge on any atom is 0.253 e. The summed E-state index contributed by atoms with van der Waals surface area (Å²) >= 11 is 5.04. The van der Waals surface area contributed by atoms with Crippen LogP contribution < -0.4 is 11.1 Å². The van der Waals surface area contributed by atoms with Crippen molar-refractivity contribution in [3.05, 3.63) is 65.5 Å². The zero-order chi connectivity index (χ0) is 14.5. The number of aryl methyl sites for hydroxylation is 1. The van der Waals surface area contributed by atoms with Crippen molar-refractivity contribution in [1.29, 1.82) is 0 Å². The van der Waals surface area contributed by atoms with E-state index in [-0.39, 0.29) is 10.9 Å². The van der Waals surface area contributed by atoms with E-state index >= 15 is 0 Å². The molecule has 0 aliphatic rings. The highest BCUT2D eigenvalue weighted by Gasteiger charge is 2.18. The van der Waals surface area contributed by atoms with E-state index in [1.807, 2.05) is 37.3 Å². The van der Waals surface area contributed by atoms with Crippen LogP contribution in [0.4, 0.5) is 0 Å². The number of aromatic nitrogens is 1. The van der Waals surface area contributed by atoms with Crippen molar-refractivity contribution in [2.75, 3.05) is 0 Å². The second-order valence-corrected chi connectivity index (χ2v) is 4.94. The second kappa shape index (κ2) is 6.25. The molecule has 1 atom stereocenters. The number of rotatable bonds is 4. The van der Waals surface area contributed by atoms with E-state index in [1.54, 1.807) is 12.3 Å². The SMILES string of the molecule is Cc1cncc(C(=O)NC(C(N)=S)c2ccccc2)c1. The Morgan fingerprint density at radius 2 is 2.00 bits per heavy atom. The van der Waals surface area contributed by atoms with E-state index in [0.717, 1.165) is 11.1 Å². The first-order valence-corrected chi connectivity index (χ1v) is 6.55. The van der Waals surface area contributed by atoms with Gasteiger partial charge in [-0.15, -0.1) is 0 Å². The van der Waals surface area contributed by atoms with Gasteiger partial charge in [0.15, 0.2) is 0 Å². The van der Waals surface area contributed by atoms with Gasteiger partial charge in [-0.05, 0) is 24.1 Å².